The number of aryl methyl sites for hydroxylation is 2. The molecule has 1 heterocycles. The molecule has 6 heteroatoms. The minimum atomic E-state index is -0.329. The molecule has 1 N–H and O–H groups in total. The Morgan fingerprint density at radius 2 is 1.79 bits per heavy atom. The molecule has 150 valence electrons. The van der Waals surface area contributed by atoms with Crippen LogP contribution in [0, 0.1) is 13.8 Å². The third-order valence-corrected chi connectivity index (χ3v) is 4.40. The summed E-state index contributed by atoms with van der Waals surface area (Å²) in [7, 11) is 0. The van der Waals surface area contributed by atoms with E-state index >= 15 is 0 Å². The van der Waals surface area contributed by atoms with E-state index in [1.165, 1.54) is 5.56 Å². The van der Waals surface area contributed by atoms with Crippen LogP contribution in [0.25, 0.3) is 0 Å². The van der Waals surface area contributed by atoms with Crippen molar-refractivity contribution in [1.29, 1.82) is 0 Å². The number of carbonyl (C=O) groups is 1. The van der Waals surface area contributed by atoms with Gasteiger partial charge in [-0.05, 0) is 69.7 Å². The minimum Gasteiger partial charge on any atom is -0.462 e. The number of rotatable bonds is 7. The summed E-state index contributed by atoms with van der Waals surface area (Å²) in [6.07, 6.45) is 0. The standard InChI is InChI=1S/C23H26N4O2/c1-5-27(20-9-7-8-16(3)14-20)21-15-17(4)24-23(26-21)25-19-12-10-18(11-13-19)22(28)29-6-2/h7-15H,5-6H2,1-4H3,(H,24,25,26). The summed E-state index contributed by atoms with van der Waals surface area (Å²) in [4.78, 5) is 23.2. The lowest BCUT2D eigenvalue weighted by molar-refractivity contribution is 0.0526. The van der Waals surface area contributed by atoms with Crippen LogP contribution in [0.15, 0.2) is 54.6 Å². The molecule has 3 rings (SSSR count). The molecule has 3 aromatic rings. The topological polar surface area (TPSA) is 67.3 Å². The number of hydrogen-bond donors (Lipinski definition) is 1. The summed E-state index contributed by atoms with van der Waals surface area (Å²) in [6.45, 7) is 9.05. The van der Waals surface area contributed by atoms with Gasteiger partial charge in [0.1, 0.15) is 5.82 Å². The Balaban J connectivity index is 1.84. The number of ether oxygens (including phenoxy) is 1. The molecule has 0 spiro atoms. The van der Waals surface area contributed by atoms with Crippen molar-refractivity contribution in [2.24, 2.45) is 0 Å². The van der Waals surface area contributed by atoms with Crippen molar-refractivity contribution >= 4 is 29.1 Å². The number of nitrogens with one attached hydrogen (secondary N) is 1. The molecule has 2 aromatic carbocycles. The van der Waals surface area contributed by atoms with Crippen molar-refractivity contribution in [2.45, 2.75) is 27.7 Å². The highest BCUT2D eigenvalue weighted by Crippen LogP contribution is 2.26. The normalized spacial score (nSPS) is 10.5. The first kappa shape index (κ1) is 20.3. The van der Waals surface area contributed by atoms with Gasteiger partial charge in [-0.3, -0.25) is 0 Å². The second-order valence-corrected chi connectivity index (χ2v) is 6.70. The van der Waals surface area contributed by atoms with Gasteiger partial charge in [-0.1, -0.05) is 12.1 Å². The molecule has 0 saturated heterocycles. The Morgan fingerprint density at radius 1 is 1.03 bits per heavy atom. The van der Waals surface area contributed by atoms with Crippen molar-refractivity contribution in [3.63, 3.8) is 0 Å². The maximum atomic E-state index is 11.8. The number of hydrogen-bond acceptors (Lipinski definition) is 6. The Hall–Kier alpha value is -3.41. The van der Waals surface area contributed by atoms with E-state index in [2.05, 4.69) is 47.2 Å². The quantitative estimate of drug-likeness (QED) is 0.561. The van der Waals surface area contributed by atoms with Crippen LogP contribution in [-0.2, 0) is 4.74 Å². The van der Waals surface area contributed by atoms with Gasteiger partial charge in [0, 0.05) is 29.7 Å². The van der Waals surface area contributed by atoms with E-state index in [0.29, 0.717) is 18.1 Å². The molecule has 0 saturated carbocycles. The number of nitrogens with zero attached hydrogens (tertiary/aromatic N) is 3. The molecule has 0 aliphatic rings. The fourth-order valence-corrected chi connectivity index (χ4v) is 3.05. The van der Waals surface area contributed by atoms with E-state index in [1.54, 1.807) is 19.1 Å². The van der Waals surface area contributed by atoms with Crippen molar-refractivity contribution in [1.82, 2.24) is 9.97 Å². The van der Waals surface area contributed by atoms with Gasteiger partial charge in [-0.15, -0.1) is 0 Å². The molecule has 0 aliphatic heterocycles. The Kier molecular flexibility index (Phi) is 6.44. The average molecular weight is 390 g/mol. The van der Waals surface area contributed by atoms with Crippen LogP contribution in [0.1, 0.15) is 35.5 Å². The summed E-state index contributed by atoms with van der Waals surface area (Å²) in [6, 6.07) is 17.4. The van der Waals surface area contributed by atoms with E-state index in [9.17, 15) is 4.79 Å². The average Bonchev–Trinajstić information content (AvgIpc) is 2.69. The number of aromatic nitrogens is 2. The molecular formula is C23H26N4O2. The lowest BCUT2D eigenvalue weighted by Crippen LogP contribution is -2.18. The highest BCUT2D eigenvalue weighted by atomic mass is 16.5. The molecule has 0 radical (unpaired) electrons. The molecule has 6 nitrogen and oxygen atoms in total. The largest absolute Gasteiger partial charge is 0.462 e. The first-order valence-corrected chi connectivity index (χ1v) is 9.74. The Bertz CT molecular complexity index is 986. The van der Waals surface area contributed by atoms with Gasteiger partial charge in [0.15, 0.2) is 0 Å². The van der Waals surface area contributed by atoms with Gasteiger partial charge in [0.05, 0.1) is 12.2 Å². The van der Waals surface area contributed by atoms with Crippen LogP contribution < -0.4 is 10.2 Å². The van der Waals surface area contributed by atoms with Gasteiger partial charge in [0.25, 0.3) is 0 Å². The van der Waals surface area contributed by atoms with Gasteiger partial charge < -0.3 is 15.0 Å². The van der Waals surface area contributed by atoms with E-state index < -0.39 is 0 Å². The smallest absolute Gasteiger partial charge is 0.338 e. The van der Waals surface area contributed by atoms with Crippen LogP contribution in [0.2, 0.25) is 0 Å². The Morgan fingerprint density at radius 3 is 2.45 bits per heavy atom. The third-order valence-electron chi connectivity index (χ3n) is 4.40. The second-order valence-electron chi connectivity index (χ2n) is 6.70. The zero-order chi connectivity index (χ0) is 20.8. The lowest BCUT2D eigenvalue weighted by atomic mass is 10.2. The van der Waals surface area contributed by atoms with E-state index in [-0.39, 0.29) is 5.97 Å². The van der Waals surface area contributed by atoms with E-state index in [0.717, 1.165) is 29.4 Å². The maximum Gasteiger partial charge on any atom is 0.338 e. The molecule has 0 aliphatic carbocycles. The van der Waals surface area contributed by atoms with Crippen LogP contribution in [-0.4, -0.2) is 29.1 Å². The number of anilines is 4. The zero-order valence-electron chi connectivity index (χ0n) is 17.3. The minimum absolute atomic E-state index is 0.329. The van der Waals surface area contributed by atoms with Crippen LogP contribution in [0.4, 0.5) is 23.1 Å². The maximum absolute atomic E-state index is 11.8. The van der Waals surface area contributed by atoms with Crippen molar-refractivity contribution in [3.8, 4) is 0 Å². The van der Waals surface area contributed by atoms with Crippen LogP contribution in [0.5, 0.6) is 0 Å². The molecule has 0 unspecified atom stereocenters. The van der Waals surface area contributed by atoms with E-state index in [4.69, 9.17) is 9.72 Å². The van der Waals surface area contributed by atoms with Crippen LogP contribution >= 0.6 is 0 Å². The summed E-state index contributed by atoms with van der Waals surface area (Å²) >= 11 is 0. The van der Waals surface area contributed by atoms with Gasteiger partial charge in [0.2, 0.25) is 5.95 Å². The Labute approximate surface area is 171 Å². The first-order chi connectivity index (χ1) is 14.0. The summed E-state index contributed by atoms with van der Waals surface area (Å²) < 4.78 is 5.02. The fraction of sp³-hybridized carbons (Fsp3) is 0.261. The molecule has 0 amide bonds. The number of esters is 1. The van der Waals surface area contributed by atoms with Gasteiger partial charge in [-0.2, -0.15) is 4.98 Å². The van der Waals surface area contributed by atoms with Crippen LogP contribution in [0.3, 0.4) is 0 Å². The van der Waals surface area contributed by atoms with Crippen molar-refractivity contribution in [3.05, 3.63) is 71.4 Å². The second kappa shape index (κ2) is 9.19. The van der Waals surface area contributed by atoms with Gasteiger partial charge in [-0.25, -0.2) is 9.78 Å². The SMILES string of the molecule is CCOC(=O)c1ccc(Nc2nc(C)cc(N(CC)c3cccc(C)c3)n2)cc1. The molecular weight excluding hydrogens is 364 g/mol. The number of benzene rings is 2. The van der Waals surface area contributed by atoms with Gasteiger partial charge >= 0.3 is 5.97 Å². The third kappa shape index (κ3) is 5.10. The predicted octanol–water partition coefficient (Wildman–Crippen LogP) is 5.17. The van der Waals surface area contributed by atoms with Crippen molar-refractivity contribution in [2.75, 3.05) is 23.4 Å². The summed E-state index contributed by atoms with van der Waals surface area (Å²) in [5.41, 5.74) is 4.47. The highest BCUT2D eigenvalue weighted by Gasteiger charge is 2.12. The first-order valence-electron chi connectivity index (χ1n) is 9.74. The highest BCUT2D eigenvalue weighted by molar-refractivity contribution is 5.89. The monoisotopic (exact) mass is 390 g/mol. The molecule has 29 heavy (non-hydrogen) atoms. The summed E-state index contributed by atoms with van der Waals surface area (Å²) in [5, 5.41) is 3.22. The predicted molar refractivity (Wildman–Crippen MR) is 116 cm³/mol. The molecule has 0 atom stereocenters. The zero-order valence-corrected chi connectivity index (χ0v) is 17.3. The lowest BCUT2D eigenvalue weighted by Gasteiger charge is -2.23. The molecule has 1 aromatic heterocycles. The molecule has 0 fully saturated rings. The van der Waals surface area contributed by atoms with E-state index in [1.807, 2.05) is 31.2 Å². The van der Waals surface area contributed by atoms with Crippen molar-refractivity contribution < 1.29 is 9.53 Å². The molecule has 0 bridgehead atoms. The number of carbonyl (C=O) groups excluding carboxylic acids is 1. The fourth-order valence-electron chi connectivity index (χ4n) is 3.05. The summed E-state index contributed by atoms with van der Waals surface area (Å²) in [5.74, 6) is 1.01.